The molecule has 0 radical (unpaired) electrons. The molecule has 0 rings (SSSR count). The molecule has 0 aliphatic rings. The second-order valence-corrected chi connectivity index (χ2v) is 2.79. The number of likely N-dealkylation sites (N-methyl/N-ethyl adjacent to an activating group) is 1. The summed E-state index contributed by atoms with van der Waals surface area (Å²) in [6.07, 6.45) is 0.839. The standard InChI is InChI=1S/C8H16N2O2/c1-4-8(12)9-6-10(3)5-7(2)11/h4,7,11H,1,5-6H2,2-3H3,(H,9,12). The van der Waals surface area contributed by atoms with Gasteiger partial charge in [0.2, 0.25) is 5.91 Å². The zero-order chi connectivity index (χ0) is 9.56. The van der Waals surface area contributed by atoms with Crippen molar-refractivity contribution in [1.29, 1.82) is 0 Å². The zero-order valence-electron chi connectivity index (χ0n) is 7.58. The fourth-order valence-electron chi connectivity index (χ4n) is 0.801. The minimum absolute atomic E-state index is 0.201. The lowest BCUT2D eigenvalue weighted by molar-refractivity contribution is -0.117. The molecule has 0 aliphatic heterocycles. The molecule has 0 aromatic rings. The first-order chi connectivity index (χ1) is 5.56. The maximum atomic E-state index is 10.7. The Morgan fingerprint density at radius 1 is 1.83 bits per heavy atom. The number of hydrogen-bond donors (Lipinski definition) is 2. The van der Waals surface area contributed by atoms with E-state index in [1.807, 2.05) is 11.9 Å². The SMILES string of the molecule is C=CC(=O)NCN(C)CC(C)O. The number of aliphatic hydroxyl groups is 1. The number of aliphatic hydroxyl groups excluding tert-OH is 1. The van der Waals surface area contributed by atoms with Gasteiger partial charge in [0.15, 0.2) is 0 Å². The van der Waals surface area contributed by atoms with Crippen LogP contribution in [0.1, 0.15) is 6.92 Å². The quantitative estimate of drug-likeness (QED) is 0.436. The van der Waals surface area contributed by atoms with Crippen LogP contribution < -0.4 is 5.32 Å². The van der Waals surface area contributed by atoms with Gasteiger partial charge in [-0.15, -0.1) is 0 Å². The van der Waals surface area contributed by atoms with Gasteiger partial charge in [-0.05, 0) is 20.0 Å². The Morgan fingerprint density at radius 3 is 2.83 bits per heavy atom. The average Bonchev–Trinajstić information content (AvgIpc) is 1.99. The molecule has 0 aromatic carbocycles. The Bertz CT molecular complexity index is 157. The number of carbonyl (C=O) groups is 1. The summed E-state index contributed by atoms with van der Waals surface area (Å²) in [6.45, 7) is 5.99. The van der Waals surface area contributed by atoms with Gasteiger partial charge in [-0.1, -0.05) is 6.58 Å². The monoisotopic (exact) mass is 172 g/mol. The van der Waals surface area contributed by atoms with Crippen molar-refractivity contribution in [2.45, 2.75) is 13.0 Å². The molecule has 0 saturated carbocycles. The van der Waals surface area contributed by atoms with Crippen molar-refractivity contribution < 1.29 is 9.90 Å². The first kappa shape index (κ1) is 11.1. The molecule has 4 nitrogen and oxygen atoms in total. The van der Waals surface area contributed by atoms with E-state index in [1.165, 1.54) is 6.08 Å². The number of rotatable bonds is 5. The largest absolute Gasteiger partial charge is 0.392 e. The third-order valence-corrected chi connectivity index (χ3v) is 1.28. The van der Waals surface area contributed by atoms with Gasteiger partial charge in [-0.3, -0.25) is 9.69 Å². The van der Waals surface area contributed by atoms with Crippen LogP contribution in [0.4, 0.5) is 0 Å². The van der Waals surface area contributed by atoms with E-state index in [0.29, 0.717) is 13.2 Å². The van der Waals surface area contributed by atoms with Crippen molar-refractivity contribution >= 4 is 5.91 Å². The van der Waals surface area contributed by atoms with E-state index in [4.69, 9.17) is 5.11 Å². The fourth-order valence-corrected chi connectivity index (χ4v) is 0.801. The molecule has 4 heteroatoms. The van der Waals surface area contributed by atoms with E-state index in [9.17, 15) is 4.79 Å². The van der Waals surface area contributed by atoms with Crippen LogP contribution in [-0.2, 0) is 4.79 Å². The summed E-state index contributed by atoms with van der Waals surface area (Å²) >= 11 is 0. The molecule has 2 N–H and O–H groups in total. The highest BCUT2D eigenvalue weighted by atomic mass is 16.3. The topological polar surface area (TPSA) is 52.6 Å². The lowest BCUT2D eigenvalue weighted by Crippen LogP contribution is -2.37. The molecular formula is C8H16N2O2. The predicted octanol–water partition coefficient (Wildman–Crippen LogP) is -0.441. The molecule has 0 spiro atoms. The number of nitrogens with one attached hydrogen (secondary N) is 1. The summed E-state index contributed by atoms with van der Waals surface area (Å²) in [6, 6.07) is 0. The smallest absolute Gasteiger partial charge is 0.244 e. The van der Waals surface area contributed by atoms with E-state index in [2.05, 4.69) is 11.9 Å². The van der Waals surface area contributed by atoms with Gasteiger partial charge < -0.3 is 10.4 Å². The third-order valence-electron chi connectivity index (χ3n) is 1.28. The molecule has 0 heterocycles. The Morgan fingerprint density at radius 2 is 2.42 bits per heavy atom. The van der Waals surface area contributed by atoms with Crippen molar-refractivity contribution in [3.8, 4) is 0 Å². The van der Waals surface area contributed by atoms with Gasteiger partial charge in [0.25, 0.3) is 0 Å². The van der Waals surface area contributed by atoms with Crippen molar-refractivity contribution in [3.05, 3.63) is 12.7 Å². The Kier molecular flexibility index (Phi) is 5.32. The van der Waals surface area contributed by atoms with Crippen LogP contribution in [0.5, 0.6) is 0 Å². The lowest BCUT2D eigenvalue weighted by Gasteiger charge is -2.17. The van der Waals surface area contributed by atoms with Crippen molar-refractivity contribution in [1.82, 2.24) is 10.2 Å². The van der Waals surface area contributed by atoms with Crippen LogP contribution >= 0.6 is 0 Å². The van der Waals surface area contributed by atoms with Crippen molar-refractivity contribution in [3.63, 3.8) is 0 Å². The van der Waals surface area contributed by atoms with Gasteiger partial charge >= 0.3 is 0 Å². The highest BCUT2D eigenvalue weighted by Crippen LogP contribution is 1.84. The van der Waals surface area contributed by atoms with Crippen LogP contribution in [0.15, 0.2) is 12.7 Å². The molecule has 1 atom stereocenters. The van der Waals surface area contributed by atoms with Crippen LogP contribution in [0.25, 0.3) is 0 Å². The van der Waals surface area contributed by atoms with Gasteiger partial charge in [0.05, 0.1) is 12.8 Å². The molecule has 1 amide bonds. The first-order valence-corrected chi connectivity index (χ1v) is 3.83. The summed E-state index contributed by atoms with van der Waals surface area (Å²) < 4.78 is 0. The zero-order valence-corrected chi connectivity index (χ0v) is 7.58. The summed E-state index contributed by atoms with van der Waals surface area (Å²) in [5.41, 5.74) is 0. The lowest BCUT2D eigenvalue weighted by atomic mass is 10.4. The average molecular weight is 172 g/mol. The Labute approximate surface area is 72.9 Å². The Balaban J connectivity index is 3.49. The third kappa shape index (κ3) is 5.88. The molecule has 0 aromatic heterocycles. The fraction of sp³-hybridized carbons (Fsp3) is 0.625. The second-order valence-electron chi connectivity index (χ2n) is 2.79. The van der Waals surface area contributed by atoms with Gasteiger partial charge in [0, 0.05) is 6.54 Å². The molecular weight excluding hydrogens is 156 g/mol. The first-order valence-electron chi connectivity index (χ1n) is 3.83. The minimum Gasteiger partial charge on any atom is -0.392 e. The summed E-state index contributed by atoms with van der Waals surface area (Å²) in [4.78, 5) is 12.5. The second kappa shape index (κ2) is 5.74. The van der Waals surface area contributed by atoms with Crippen molar-refractivity contribution in [2.75, 3.05) is 20.3 Å². The van der Waals surface area contributed by atoms with Crippen molar-refractivity contribution in [2.24, 2.45) is 0 Å². The number of amides is 1. The van der Waals surface area contributed by atoms with E-state index in [-0.39, 0.29) is 12.0 Å². The van der Waals surface area contributed by atoms with Gasteiger partial charge in [-0.2, -0.15) is 0 Å². The van der Waals surface area contributed by atoms with Crippen LogP contribution in [0.2, 0.25) is 0 Å². The molecule has 12 heavy (non-hydrogen) atoms. The summed E-state index contributed by atoms with van der Waals surface area (Å²) in [7, 11) is 1.82. The van der Waals surface area contributed by atoms with E-state index >= 15 is 0 Å². The van der Waals surface area contributed by atoms with Gasteiger partial charge in [-0.25, -0.2) is 0 Å². The van der Waals surface area contributed by atoms with Crippen LogP contribution in [0.3, 0.4) is 0 Å². The maximum absolute atomic E-state index is 10.7. The van der Waals surface area contributed by atoms with E-state index in [1.54, 1.807) is 6.92 Å². The van der Waals surface area contributed by atoms with E-state index < -0.39 is 0 Å². The van der Waals surface area contributed by atoms with Crippen LogP contribution in [0, 0.1) is 0 Å². The molecule has 0 aliphatic carbocycles. The highest BCUT2D eigenvalue weighted by molar-refractivity contribution is 5.86. The molecule has 0 fully saturated rings. The number of hydrogen-bond acceptors (Lipinski definition) is 3. The highest BCUT2D eigenvalue weighted by Gasteiger charge is 2.02. The van der Waals surface area contributed by atoms with E-state index in [0.717, 1.165) is 0 Å². The predicted molar refractivity (Wildman–Crippen MR) is 47.5 cm³/mol. The normalized spacial score (nSPS) is 12.7. The Hall–Kier alpha value is -0.870. The summed E-state index contributed by atoms with van der Waals surface area (Å²) in [5, 5.41) is 11.6. The number of nitrogens with zero attached hydrogens (tertiary/aromatic N) is 1. The van der Waals surface area contributed by atoms with Crippen LogP contribution in [-0.4, -0.2) is 42.3 Å². The minimum atomic E-state index is -0.379. The van der Waals surface area contributed by atoms with Gasteiger partial charge in [0.1, 0.15) is 0 Å². The molecule has 70 valence electrons. The number of carbonyl (C=O) groups excluding carboxylic acids is 1. The molecule has 0 bridgehead atoms. The summed E-state index contributed by atoms with van der Waals surface area (Å²) in [5.74, 6) is -0.201. The maximum Gasteiger partial charge on any atom is 0.244 e. The molecule has 0 saturated heterocycles. The molecule has 1 unspecified atom stereocenters.